The molecule has 0 bridgehead atoms. The van der Waals surface area contributed by atoms with E-state index >= 15 is 0 Å². The van der Waals surface area contributed by atoms with Crippen molar-refractivity contribution in [1.82, 2.24) is 9.55 Å². The van der Waals surface area contributed by atoms with Gasteiger partial charge in [0.15, 0.2) is 0 Å². The van der Waals surface area contributed by atoms with Gasteiger partial charge in [0, 0.05) is 12.4 Å². The molecule has 0 saturated carbocycles. The Labute approximate surface area is 58.1 Å². The predicted molar refractivity (Wildman–Crippen MR) is 34.6 cm³/mol. The number of rotatable bonds is 2. The van der Waals surface area contributed by atoms with Crippen LogP contribution in [-0.2, 0) is 4.79 Å². The summed E-state index contributed by atoms with van der Waals surface area (Å²) < 4.78 is 1.53. The molecule has 1 unspecified atom stereocenters. The Morgan fingerprint density at radius 2 is 2.50 bits per heavy atom. The summed E-state index contributed by atoms with van der Waals surface area (Å²) in [4.78, 5) is 14.1. The molecule has 0 aromatic carbocycles. The molecule has 0 aliphatic rings. The second-order valence-electron chi connectivity index (χ2n) is 2.02. The molecule has 4 nitrogen and oxygen atoms in total. The Balaban J connectivity index is 2.77. The van der Waals surface area contributed by atoms with Gasteiger partial charge >= 0.3 is 5.97 Å². The molecule has 0 aliphatic heterocycles. The minimum absolute atomic E-state index is 0.525. The molecule has 1 heterocycles. The topological polar surface area (TPSA) is 55.1 Å². The maximum atomic E-state index is 10.3. The fraction of sp³-hybridized carbons (Fsp3) is 0.333. The molecule has 1 aromatic rings. The van der Waals surface area contributed by atoms with Crippen LogP contribution in [0.25, 0.3) is 0 Å². The molecule has 0 radical (unpaired) electrons. The molecule has 0 aliphatic carbocycles. The van der Waals surface area contributed by atoms with E-state index in [4.69, 9.17) is 5.11 Å². The van der Waals surface area contributed by atoms with Crippen molar-refractivity contribution in [2.24, 2.45) is 0 Å². The lowest BCUT2D eigenvalue weighted by Gasteiger charge is -2.05. The molecule has 0 spiro atoms. The van der Waals surface area contributed by atoms with Gasteiger partial charge in [-0.15, -0.1) is 0 Å². The molecule has 0 saturated heterocycles. The van der Waals surface area contributed by atoms with Crippen LogP contribution in [0.3, 0.4) is 0 Å². The zero-order valence-corrected chi connectivity index (χ0v) is 5.56. The molecule has 1 N–H and O–H groups in total. The zero-order chi connectivity index (χ0) is 7.56. The van der Waals surface area contributed by atoms with Crippen molar-refractivity contribution in [3.63, 3.8) is 0 Å². The molecule has 0 amide bonds. The van der Waals surface area contributed by atoms with E-state index in [0.717, 1.165) is 0 Å². The first-order chi connectivity index (χ1) is 4.72. The number of carbonyl (C=O) groups is 1. The van der Waals surface area contributed by atoms with Gasteiger partial charge in [0.25, 0.3) is 0 Å². The summed E-state index contributed by atoms with van der Waals surface area (Å²) >= 11 is 0. The highest BCUT2D eigenvalue weighted by Crippen LogP contribution is 2.02. The SMILES string of the molecule is CC(C(=O)O)n1ccnc1. The number of imidazole rings is 1. The van der Waals surface area contributed by atoms with Crippen LogP contribution < -0.4 is 0 Å². The Kier molecular flexibility index (Phi) is 1.71. The van der Waals surface area contributed by atoms with Gasteiger partial charge in [-0.2, -0.15) is 0 Å². The van der Waals surface area contributed by atoms with Gasteiger partial charge in [-0.3, -0.25) is 0 Å². The normalized spacial score (nSPS) is 12.9. The van der Waals surface area contributed by atoms with E-state index in [1.165, 1.54) is 10.9 Å². The highest BCUT2D eigenvalue weighted by Gasteiger charge is 2.10. The van der Waals surface area contributed by atoms with Gasteiger partial charge in [-0.1, -0.05) is 0 Å². The molecule has 1 atom stereocenters. The largest absolute Gasteiger partial charge is 0.480 e. The van der Waals surface area contributed by atoms with Crippen LogP contribution in [0.15, 0.2) is 18.7 Å². The first-order valence-electron chi connectivity index (χ1n) is 2.92. The minimum atomic E-state index is -0.849. The molecular weight excluding hydrogens is 132 g/mol. The predicted octanol–water partition coefficient (Wildman–Crippen LogP) is 0.529. The monoisotopic (exact) mass is 140 g/mol. The van der Waals surface area contributed by atoms with E-state index in [-0.39, 0.29) is 0 Å². The number of carboxylic acids is 1. The van der Waals surface area contributed by atoms with Crippen LogP contribution in [0.5, 0.6) is 0 Å². The Bertz CT molecular complexity index is 218. The van der Waals surface area contributed by atoms with Crippen molar-refractivity contribution in [1.29, 1.82) is 0 Å². The standard InChI is InChI=1S/C6H8N2O2/c1-5(6(9)10)8-3-2-7-4-8/h2-5H,1H3,(H,9,10). The zero-order valence-electron chi connectivity index (χ0n) is 5.56. The average molecular weight is 140 g/mol. The second-order valence-corrected chi connectivity index (χ2v) is 2.02. The Hall–Kier alpha value is -1.32. The Morgan fingerprint density at radius 1 is 1.80 bits per heavy atom. The lowest BCUT2D eigenvalue weighted by atomic mass is 10.3. The van der Waals surface area contributed by atoms with Crippen LogP contribution >= 0.6 is 0 Å². The second kappa shape index (κ2) is 2.51. The summed E-state index contributed by atoms with van der Waals surface area (Å²) in [5, 5.41) is 8.51. The minimum Gasteiger partial charge on any atom is -0.480 e. The average Bonchev–Trinajstić information content (AvgIpc) is 2.36. The molecule has 1 aromatic heterocycles. The van der Waals surface area contributed by atoms with Gasteiger partial charge in [-0.25, -0.2) is 9.78 Å². The van der Waals surface area contributed by atoms with Crippen LogP contribution in [0.1, 0.15) is 13.0 Å². The summed E-state index contributed by atoms with van der Waals surface area (Å²) in [5.74, 6) is -0.849. The first-order valence-corrected chi connectivity index (χ1v) is 2.92. The number of carboxylic acid groups (broad SMARTS) is 1. The van der Waals surface area contributed by atoms with Crippen molar-refractivity contribution in [3.8, 4) is 0 Å². The lowest BCUT2D eigenvalue weighted by molar-refractivity contribution is -0.140. The van der Waals surface area contributed by atoms with E-state index in [2.05, 4.69) is 4.98 Å². The highest BCUT2D eigenvalue weighted by atomic mass is 16.4. The van der Waals surface area contributed by atoms with Gasteiger partial charge < -0.3 is 9.67 Å². The third kappa shape index (κ3) is 1.15. The van der Waals surface area contributed by atoms with Crippen LogP contribution in [0.2, 0.25) is 0 Å². The third-order valence-corrected chi connectivity index (χ3v) is 1.33. The number of hydrogen-bond acceptors (Lipinski definition) is 2. The molecule has 10 heavy (non-hydrogen) atoms. The molecule has 0 fully saturated rings. The van der Waals surface area contributed by atoms with E-state index in [1.807, 2.05) is 0 Å². The first kappa shape index (κ1) is 6.80. The summed E-state index contributed by atoms with van der Waals surface area (Å²) in [7, 11) is 0. The molecular formula is C6H8N2O2. The Morgan fingerprint density at radius 3 is 2.90 bits per heavy atom. The van der Waals surface area contributed by atoms with E-state index in [1.54, 1.807) is 19.3 Å². The smallest absolute Gasteiger partial charge is 0.326 e. The van der Waals surface area contributed by atoms with Gasteiger partial charge in [0.1, 0.15) is 6.04 Å². The van der Waals surface area contributed by atoms with Gasteiger partial charge in [0.05, 0.1) is 6.33 Å². The summed E-state index contributed by atoms with van der Waals surface area (Å²) in [6.07, 6.45) is 4.66. The van der Waals surface area contributed by atoms with Gasteiger partial charge in [-0.05, 0) is 6.92 Å². The molecule has 1 rings (SSSR count). The number of aromatic nitrogens is 2. The quantitative estimate of drug-likeness (QED) is 0.651. The van der Waals surface area contributed by atoms with Crippen molar-refractivity contribution >= 4 is 5.97 Å². The maximum absolute atomic E-state index is 10.3. The van der Waals surface area contributed by atoms with Crippen molar-refractivity contribution in [3.05, 3.63) is 18.7 Å². The fourth-order valence-electron chi connectivity index (χ4n) is 0.626. The van der Waals surface area contributed by atoms with Crippen LogP contribution in [-0.4, -0.2) is 20.6 Å². The van der Waals surface area contributed by atoms with E-state index < -0.39 is 12.0 Å². The lowest BCUT2D eigenvalue weighted by Crippen LogP contribution is -2.13. The molecule has 54 valence electrons. The third-order valence-electron chi connectivity index (χ3n) is 1.33. The van der Waals surface area contributed by atoms with E-state index in [0.29, 0.717) is 0 Å². The highest BCUT2D eigenvalue weighted by molar-refractivity contribution is 5.71. The maximum Gasteiger partial charge on any atom is 0.326 e. The van der Waals surface area contributed by atoms with E-state index in [9.17, 15) is 4.79 Å². The summed E-state index contributed by atoms with van der Waals surface area (Å²) in [5.41, 5.74) is 0. The number of aliphatic carboxylic acids is 1. The van der Waals surface area contributed by atoms with Crippen LogP contribution in [0.4, 0.5) is 0 Å². The van der Waals surface area contributed by atoms with Crippen molar-refractivity contribution in [2.45, 2.75) is 13.0 Å². The number of hydrogen-bond donors (Lipinski definition) is 1. The fourth-order valence-corrected chi connectivity index (χ4v) is 0.626. The van der Waals surface area contributed by atoms with Gasteiger partial charge in [0.2, 0.25) is 0 Å². The molecule has 4 heteroatoms. The van der Waals surface area contributed by atoms with Crippen LogP contribution in [0, 0.1) is 0 Å². The van der Waals surface area contributed by atoms with Crippen molar-refractivity contribution < 1.29 is 9.90 Å². The van der Waals surface area contributed by atoms with Crippen molar-refractivity contribution in [2.75, 3.05) is 0 Å². The number of nitrogens with zero attached hydrogens (tertiary/aromatic N) is 2. The summed E-state index contributed by atoms with van der Waals surface area (Å²) in [6.45, 7) is 1.60. The summed E-state index contributed by atoms with van der Waals surface area (Å²) in [6, 6.07) is -0.525.